The van der Waals surface area contributed by atoms with Crippen LogP contribution in [0.3, 0.4) is 0 Å². The number of ether oxygens (including phenoxy) is 3. The van der Waals surface area contributed by atoms with Crippen molar-refractivity contribution in [1.82, 2.24) is 20.3 Å². The Bertz CT molecular complexity index is 885. The monoisotopic (exact) mass is 400 g/mol. The Morgan fingerprint density at radius 2 is 1.90 bits per heavy atom. The number of rotatable bonds is 5. The average Bonchev–Trinajstić information content (AvgIpc) is 2.77. The molecular formula is C19H24N6O4. The van der Waals surface area contributed by atoms with Crippen molar-refractivity contribution in [3.8, 4) is 11.5 Å². The van der Waals surface area contributed by atoms with Crippen LogP contribution in [0.2, 0.25) is 0 Å². The van der Waals surface area contributed by atoms with Crippen LogP contribution < -0.4 is 24.6 Å². The summed E-state index contributed by atoms with van der Waals surface area (Å²) in [5, 5.41) is 2.87. The molecule has 1 aromatic heterocycles. The highest BCUT2D eigenvalue weighted by Crippen LogP contribution is 2.33. The van der Waals surface area contributed by atoms with E-state index < -0.39 is 0 Å². The van der Waals surface area contributed by atoms with E-state index in [1.807, 2.05) is 19.0 Å². The number of para-hydroxylation sites is 1. The summed E-state index contributed by atoms with van der Waals surface area (Å²) in [5.74, 6) is 2.39. The van der Waals surface area contributed by atoms with Crippen LogP contribution in [0.5, 0.6) is 11.5 Å². The van der Waals surface area contributed by atoms with Gasteiger partial charge in [0.15, 0.2) is 17.3 Å². The summed E-state index contributed by atoms with van der Waals surface area (Å²) in [6.45, 7) is 3.77. The molecule has 1 amide bonds. The summed E-state index contributed by atoms with van der Waals surface area (Å²) in [4.78, 5) is 30.1. The minimum Gasteiger partial charge on any atom is -0.486 e. The van der Waals surface area contributed by atoms with Crippen LogP contribution in [0.1, 0.15) is 16.2 Å². The molecule has 0 bridgehead atoms. The van der Waals surface area contributed by atoms with Gasteiger partial charge in [-0.25, -0.2) is 0 Å². The van der Waals surface area contributed by atoms with Crippen molar-refractivity contribution in [2.24, 2.45) is 0 Å². The second-order valence-electron chi connectivity index (χ2n) is 6.86. The van der Waals surface area contributed by atoms with Crippen molar-refractivity contribution in [2.75, 3.05) is 63.4 Å². The van der Waals surface area contributed by atoms with E-state index in [4.69, 9.17) is 14.2 Å². The largest absolute Gasteiger partial charge is 0.486 e. The number of anilines is 2. The molecule has 0 saturated carbocycles. The van der Waals surface area contributed by atoms with Crippen LogP contribution in [-0.2, 0) is 11.3 Å². The van der Waals surface area contributed by atoms with E-state index in [0.29, 0.717) is 61.2 Å². The number of nitrogens with zero attached hydrogens (tertiary/aromatic N) is 5. The Morgan fingerprint density at radius 1 is 1.10 bits per heavy atom. The molecule has 0 atom stereocenters. The molecule has 10 heteroatoms. The lowest BCUT2D eigenvalue weighted by molar-refractivity contribution is 0.0938. The van der Waals surface area contributed by atoms with Gasteiger partial charge in [-0.1, -0.05) is 6.07 Å². The minimum atomic E-state index is -0.271. The number of aromatic nitrogens is 3. The number of carbonyl (C=O) groups is 1. The molecular weight excluding hydrogens is 376 g/mol. The van der Waals surface area contributed by atoms with Gasteiger partial charge in [0.1, 0.15) is 13.2 Å². The first-order valence-corrected chi connectivity index (χ1v) is 9.53. The predicted molar refractivity (Wildman–Crippen MR) is 106 cm³/mol. The van der Waals surface area contributed by atoms with Crippen LogP contribution in [0.4, 0.5) is 11.9 Å². The van der Waals surface area contributed by atoms with Crippen molar-refractivity contribution in [3.63, 3.8) is 0 Å². The van der Waals surface area contributed by atoms with E-state index in [1.54, 1.807) is 18.2 Å². The molecule has 0 unspecified atom stereocenters. The van der Waals surface area contributed by atoms with Gasteiger partial charge in [-0.15, -0.1) is 0 Å². The second kappa shape index (κ2) is 8.48. The fourth-order valence-electron chi connectivity index (χ4n) is 3.09. The SMILES string of the molecule is CN(C)c1nc(CNC(=O)c2cccc3c2OCCO3)nc(N2CCOCC2)n1. The van der Waals surface area contributed by atoms with Crippen molar-refractivity contribution in [1.29, 1.82) is 0 Å². The van der Waals surface area contributed by atoms with Gasteiger partial charge in [-0.05, 0) is 12.1 Å². The van der Waals surface area contributed by atoms with Gasteiger partial charge in [-0.3, -0.25) is 4.79 Å². The van der Waals surface area contributed by atoms with E-state index in [9.17, 15) is 4.79 Å². The molecule has 1 fully saturated rings. The van der Waals surface area contributed by atoms with E-state index in [2.05, 4.69) is 25.2 Å². The third-order valence-electron chi connectivity index (χ3n) is 4.57. The average molecular weight is 400 g/mol. The summed E-state index contributed by atoms with van der Waals surface area (Å²) < 4.78 is 16.6. The van der Waals surface area contributed by atoms with Crippen molar-refractivity contribution < 1.29 is 19.0 Å². The Kier molecular flexibility index (Phi) is 5.61. The number of carbonyl (C=O) groups excluding carboxylic acids is 1. The van der Waals surface area contributed by atoms with Gasteiger partial charge in [0, 0.05) is 27.2 Å². The van der Waals surface area contributed by atoms with Crippen LogP contribution in [-0.4, -0.2) is 74.5 Å². The predicted octanol–water partition coefficient (Wildman–Crippen LogP) is 0.475. The highest BCUT2D eigenvalue weighted by molar-refractivity contribution is 5.97. The maximum Gasteiger partial charge on any atom is 0.255 e. The van der Waals surface area contributed by atoms with Crippen molar-refractivity contribution in [2.45, 2.75) is 6.54 Å². The fraction of sp³-hybridized carbons (Fsp3) is 0.474. The molecule has 1 saturated heterocycles. The van der Waals surface area contributed by atoms with Gasteiger partial charge in [0.2, 0.25) is 11.9 Å². The molecule has 10 nitrogen and oxygen atoms in total. The summed E-state index contributed by atoms with van der Waals surface area (Å²) >= 11 is 0. The van der Waals surface area contributed by atoms with Crippen molar-refractivity contribution in [3.05, 3.63) is 29.6 Å². The van der Waals surface area contributed by atoms with E-state index in [0.717, 1.165) is 13.1 Å². The number of benzene rings is 1. The molecule has 4 rings (SSSR count). The topological polar surface area (TPSA) is 102 Å². The zero-order valence-electron chi connectivity index (χ0n) is 16.6. The first kappa shape index (κ1) is 19.2. The highest BCUT2D eigenvalue weighted by atomic mass is 16.6. The molecule has 2 aliphatic rings. The maximum atomic E-state index is 12.7. The Balaban J connectivity index is 1.52. The third-order valence-corrected chi connectivity index (χ3v) is 4.57. The van der Waals surface area contributed by atoms with Gasteiger partial charge < -0.3 is 29.3 Å². The molecule has 0 spiro atoms. The lowest BCUT2D eigenvalue weighted by Gasteiger charge is -2.27. The third kappa shape index (κ3) is 4.32. The molecule has 0 aliphatic carbocycles. The minimum absolute atomic E-state index is 0.171. The lowest BCUT2D eigenvalue weighted by atomic mass is 10.1. The van der Waals surface area contributed by atoms with Crippen LogP contribution in [0, 0.1) is 0 Å². The van der Waals surface area contributed by atoms with Gasteiger partial charge in [0.25, 0.3) is 5.91 Å². The van der Waals surface area contributed by atoms with E-state index in [1.165, 1.54) is 0 Å². The number of nitrogens with one attached hydrogen (secondary N) is 1. The molecule has 154 valence electrons. The molecule has 1 aromatic carbocycles. The number of hydrogen-bond donors (Lipinski definition) is 1. The highest BCUT2D eigenvalue weighted by Gasteiger charge is 2.21. The Hall–Kier alpha value is -3.14. The summed E-state index contributed by atoms with van der Waals surface area (Å²) in [5.41, 5.74) is 0.428. The number of fused-ring (bicyclic) bond motifs is 1. The fourth-order valence-corrected chi connectivity index (χ4v) is 3.09. The second-order valence-corrected chi connectivity index (χ2v) is 6.86. The number of hydrogen-bond acceptors (Lipinski definition) is 9. The molecule has 3 heterocycles. The summed E-state index contributed by atoms with van der Waals surface area (Å²) in [6.07, 6.45) is 0. The first-order valence-electron chi connectivity index (χ1n) is 9.53. The molecule has 29 heavy (non-hydrogen) atoms. The summed E-state index contributed by atoms with van der Waals surface area (Å²) in [7, 11) is 3.74. The number of amides is 1. The smallest absolute Gasteiger partial charge is 0.255 e. The van der Waals surface area contributed by atoms with Crippen LogP contribution in [0.25, 0.3) is 0 Å². The quantitative estimate of drug-likeness (QED) is 0.767. The number of morpholine rings is 1. The molecule has 1 N–H and O–H groups in total. The standard InChI is InChI=1S/C19H24N6O4/c1-24(2)18-21-15(22-19(23-18)25-6-8-27-9-7-25)12-20-17(26)13-4-3-5-14-16(13)29-11-10-28-14/h3-5H,6-12H2,1-2H3,(H,20,26). The van der Waals surface area contributed by atoms with Gasteiger partial charge in [0.05, 0.1) is 25.3 Å². The van der Waals surface area contributed by atoms with E-state index >= 15 is 0 Å². The lowest BCUT2D eigenvalue weighted by Crippen LogP contribution is -2.38. The maximum absolute atomic E-state index is 12.7. The van der Waals surface area contributed by atoms with Gasteiger partial charge in [-0.2, -0.15) is 15.0 Å². The Labute approximate surface area is 168 Å². The normalized spacial score (nSPS) is 15.7. The molecule has 2 aromatic rings. The van der Waals surface area contributed by atoms with Crippen LogP contribution in [0.15, 0.2) is 18.2 Å². The summed E-state index contributed by atoms with van der Waals surface area (Å²) in [6, 6.07) is 5.27. The zero-order valence-corrected chi connectivity index (χ0v) is 16.6. The van der Waals surface area contributed by atoms with Gasteiger partial charge >= 0.3 is 0 Å². The van der Waals surface area contributed by atoms with Crippen molar-refractivity contribution >= 4 is 17.8 Å². The zero-order chi connectivity index (χ0) is 20.2. The van der Waals surface area contributed by atoms with E-state index in [-0.39, 0.29) is 12.5 Å². The molecule has 0 radical (unpaired) electrons. The first-order chi connectivity index (χ1) is 14.1. The molecule has 2 aliphatic heterocycles. The van der Waals surface area contributed by atoms with Crippen LogP contribution >= 0.6 is 0 Å². The Morgan fingerprint density at radius 3 is 2.69 bits per heavy atom.